The molecular weight excluding hydrogens is 200 g/mol. The Morgan fingerprint density at radius 1 is 1.43 bits per heavy atom. The van der Waals surface area contributed by atoms with Crippen molar-refractivity contribution < 1.29 is 8.42 Å². The lowest BCUT2D eigenvalue weighted by Gasteiger charge is -2.25. The van der Waals surface area contributed by atoms with Gasteiger partial charge < -0.3 is 0 Å². The number of hydrogen-bond donors (Lipinski definition) is 1. The lowest BCUT2D eigenvalue weighted by atomic mass is 10.1. The monoisotopic (exact) mass is 220 g/mol. The highest BCUT2D eigenvalue weighted by Gasteiger charge is 2.32. The van der Waals surface area contributed by atoms with Gasteiger partial charge >= 0.3 is 0 Å². The summed E-state index contributed by atoms with van der Waals surface area (Å²) in [6.07, 6.45) is 2.84. The molecule has 1 rings (SSSR count). The third-order valence-corrected chi connectivity index (χ3v) is 4.41. The first-order valence-electron chi connectivity index (χ1n) is 5.24. The molecule has 0 spiro atoms. The molecule has 1 aliphatic heterocycles. The molecule has 1 unspecified atom stereocenters. The molecule has 0 aromatic heterocycles. The van der Waals surface area contributed by atoms with Gasteiger partial charge in [0.1, 0.15) is 0 Å². The lowest BCUT2D eigenvalue weighted by Crippen LogP contribution is -2.36. The van der Waals surface area contributed by atoms with Crippen LogP contribution in [0, 0.1) is 0 Å². The van der Waals surface area contributed by atoms with E-state index in [-0.39, 0.29) is 5.25 Å². The van der Waals surface area contributed by atoms with E-state index in [0.29, 0.717) is 19.0 Å². The standard InChI is InChI=1S/C9H20N2O2S/c1-3-8(4-2)11-6-5-9(7-11)14(10,12)13/h8-9H,3-7H2,1-2H3,(H2,10,12,13). The van der Waals surface area contributed by atoms with Crippen LogP contribution in [0.4, 0.5) is 0 Å². The first kappa shape index (κ1) is 11.9. The van der Waals surface area contributed by atoms with Crippen LogP contribution in [-0.4, -0.2) is 37.7 Å². The van der Waals surface area contributed by atoms with Crippen LogP contribution in [0.2, 0.25) is 0 Å². The van der Waals surface area contributed by atoms with Gasteiger partial charge in [0.15, 0.2) is 0 Å². The van der Waals surface area contributed by atoms with E-state index in [9.17, 15) is 8.42 Å². The topological polar surface area (TPSA) is 63.4 Å². The maximum atomic E-state index is 11.1. The minimum Gasteiger partial charge on any atom is -0.299 e. The van der Waals surface area contributed by atoms with Gasteiger partial charge in [0.25, 0.3) is 0 Å². The number of sulfonamides is 1. The molecule has 1 atom stereocenters. The summed E-state index contributed by atoms with van der Waals surface area (Å²) in [6, 6.07) is 0.516. The van der Waals surface area contributed by atoms with Gasteiger partial charge in [0, 0.05) is 12.6 Å². The third kappa shape index (κ3) is 2.68. The van der Waals surface area contributed by atoms with Crippen molar-refractivity contribution in [2.75, 3.05) is 13.1 Å². The van der Waals surface area contributed by atoms with Crippen LogP contribution in [0.3, 0.4) is 0 Å². The van der Waals surface area contributed by atoms with Gasteiger partial charge in [0.05, 0.1) is 5.25 Å². The van der Waals surface area contributed by atoms with Crippen molar-refractivity contribution in [3.8, 4) is 0 Å². The van der Waals surface area contributed by atoms with E-state index in [1.807, 2.05) is 0 Å². The SMILES string of the molecule is CCC(CC)N1CCC(S(N)(=O)=O)C1. The summed E-state index contributed by atoms with van der Waals surface area (Å²) in [5, 5.41) is 4.79. The number of rotatable bonds is 4. The second-order valence-electron chi connectivity index (χ2n) is 3.96. The maximum Gasteiger partial charge on any atom is 0.213 e. The number of hydrogen-bond acceptors (Lipinski definition) is 3. The molecule has 0 radical (unpaired) electrons. The Kier molecular flexibility index (Phi) is 3.92. The second kappa shape index (κ2) is 4.59. The highest BCUT2D eigenvalue weighted by atomic mass is 32.2. The van der Waals surface area contributed by atoms with Crippen molar-refractivity contribution in [3.63, 3.8) is 0 Å². The zero-order chi connectivity index (χ0) is 10.8. The minimum atomic E-state index is -3.33. The molecule has 2 N–H and O–H groups in total. The molecule has 4 nitrogen and oxygen atoms in total. The van der Waals surface area contributed by atoms with Crippen LogP contribution in [0.1, 0.15) is 33.1 Å². The van der Waals surface area contributed by atoms with Crippen LogP contribution >= 0.6 is 0 Å². The molecule has 1 saturated heterocycles. The predicted molar refractivity (Wildman–Crippen MR) is 57.5 cm³/mol. The van der Waals surface area contributed by atoms with E-state index < -0.39 is 10.0 Å². The van der Waals surface area contributed by atoms with Crippen LogP contribution in [-0.2, 0) is 10.0 Å². The third-order valence-electron chi connectivity index (χ3n) is 3.10. The summed E-state index contributed by atoms with van der Waals surface area (Å²) in [5.74, 6) is 0. The average molecular weight is 220 g/mol. The van der Waals surface area contributed by atoms with Gasteiger partial charge in [-0.15, -0.1) is 0 Å². The number of likely N-dealkylation sites (tertiary alicyclic amines) is 1. The van der Waals surface area contributed by atoms with Gasteiger partial charge in [-0.05, 0) is 25.8 Å². The van der Waals surface area contributed by atoms with Crippen molar-refractivity contribution in [1.82, 2.24) is 4.90 Å². The van der Waals surface area contributed by atoms with Crippen LogP contribution in [0.25, 0.3) is 0 Å². The predicted octanol–water partition coefficient (Wildman–Crippen LogP) is 0.538. The van der Waals surface area contributed by atoms with Crippen molar-refractivity contribution in [2.24, 2.45) is 5.14 Å². The normalized spacial score (nSPS) is 24.7. The van der Waals surface area contributed by atoms with Crippen LogP contribution in [0.15, 0.2) is 0 Å². The average Bonchev–Trinajstić information content (AvgIpc) is 2.54. The lowest BCUT2D eigenvalue weighted by molar-refractivity contribution is 0.230. The number of primary sulfonamides is 1. The van der Waals surface area contributed by atoms with E-state index in [1.165, 1.54) is 0 Å². The van der Waals surface area contributed by atoms with E-state index in [0.717, 1.165) is 19.4 Å². The Morgan fingerprint density at radius 3 is 2.36 bits per heavy atom. The highest BCUT2D eigenvalue weighted by molar-refractivity contribution is 7.89. The Hall–Kier alpha value is -0.130. The van der Waals surface area contributed by atoms with Crippen LogP contribution < -0.4 is 5.14 Å². The van der Waals surface area contributed by atoms with Gasteiger partial charge in [-0.2, -0.15) is 0 Å². The molecule has 0 aromatic carbocycles. The molecule has 0 bridgehead atoms. The van der Waals surface area contributed by atoms with Crippen molar-refractivity contribution >= 4 is 10.0 Å². The quantitative estimate of drug-likeness (QED) is 0.752. The Balaban J connectivity index is 2.57. The van der Waals surface area contributed by atoms with Crippen molar-refractivity contribution in [1.29, 1.82) is 0 Å². The fraction of sp³-hybridized carbons (Fsp3) is 1.00. The van der Waals surface area contributed by atoms with Crippen molar-refractivity contribution in [2.45, 2.75) is 44.4 Å². The Labute approximate surface area is 86.5 Å². The number of nitrogens with zero attached hydrogens (tertiary/aromatic N) is 1. The van der Waals surface area contributed by atoms with E-state index in [1.54, 1.807) is 0 Å². The van der Waals surface area contributed by atoms with Gasteiger partial charge in [0.2, 0.25) is 10.0 Å². The minimum absolute atomic E-state index is 0.344. The Bertz CT molecular complexity index is 273. The summed E-state index contributed by atoms with van der Waals surface area (Å²) >= 11 is 0. The van der Waals surface area contributed by atoms with Gasteiger partial charge in [-0.1, -0.05) is 13.8 Å². The summed E-state index contributed by atoms with van der Waals surface area (Å²) < 4.78 is 22.3. The molecule has 14 heavy (non-hydrogen) atoms. The maximum absolute atomic E-state index is 11.1. The molecule has 1 fully saturated rings. The summed E-state index contributed by atoms with van der Waals surface area (Å²) in [5.41, 5.74) is 0. The summed E-state index contributed by atoms with van der Waals surface area (Å²) in [7, 11) is -3.33. The molecule has 0 saturated carbocycles. The molecule has 84 valence electrons. The van der Waals surface area contributed by atoms with E-state index in [2.05, 4.69) is 18.7 Å². The largest absolute Gasteiger partial charge is 0.299 e. The van der Waals surface area contributed by atoms with Crippen LogP contribution in [0.5, 0.6) is 0 Å². The molecule has 5 heteroatoms. The van der Waals surface area contributed by atoms with E-state index >= 15 is 0 Å². The zero-order valence-corrected chi connectivity index (χ0v) is 9.76. The zero-order valence-electron chi connectivity index (χ0n) is 8.94. The molecule has 1 heterocycles. The molecule has 0 aliphatic carbocycles. The van der Waals surface area contributed by atoms with E-state index in [4.69, 9.17) is 5.14 Å². The van der Waals surface area contributed by atoms with Crippen molar-refractivity contribution in [3.05, 3.63) is 0 Å². The fourth-order valence-corrected chi connectivity index (χ4v) is 2.99. The summed E-state index contributed by atoms with van der Waals surface area (Å²) in [4.78, 5) is 2.25. The molecule has 0 aromatic rings. The molecule has 1 aliphatic rings. The number of nitrogens with two attached hydrogens (primary N) is 1. The molecular formula is C9H20N2O2S. The second-order valence-corrected chi connectivity index (χ2v) is 5.81. The van der Waals surface area contributed by atoms with Gasteiger partial charge in [-0.3, -0.25) is 4.90 Å². The molecule has 0 amide bonds. The smallest absolute Gasteiger partial charge is 0.213 e. The Morgan fingerprint density at radius 2 is 2.00 bits per heavy atom. The van der Waals surface area contributed by atoms with Gasteiger partial charge in [-0.25, -0.2) is 13.6 Å². The first-order chi connectivity index (χ1) is 6.49. The fourth-order valence-electron chi connectivity index (χ4n) is 2.16. The summed E-state index contributed by atoms with van der Waals surface area (Å²) in [6.45, 7) is 5.76. The highest BCUT2D eigenvalue weighted by Crippen LogP contribution is 2.20. The first-order valence-corrected chi connectivity index (χ1v) is 6.85.